The Morgan fingerprint density at radius 2 is 1.37 bits per heavy atom. The van der Waals surface area contributed by atoms with Crippen LogP contribution in [0.25, 0.3) is 0 Å². The Balaban J connectivity index is 0.000000550. The van der Waals surface area contributed by atoms with E-state index in [1.54, 1.807) is 25.7 Å². The highest BCUT2D eigenvalue weighted by Crippen LogP contribution is 2.09. The molecule has 1 atom stereocenters. The minimum Gasteiger partial charge on any atom is -0.461 e. The van der Waals surface area contributed by atoms with Crippen LogP contribution in [0.3, 0.4) is 0 Å². The largest absolute Gasteiger partial charge is 0.461 e. The Bertz CT molecular complexity index is 989. The van der Waals surface area contributed by atoms with E-state index in [0.29, 0.717) is 32.7 Å². The molecule has 2 aromatic rings. The topological polar surface area (TPSA) is 132 Å². The molecule has 10 heteroatoms. The molecule has 0 spiro atoms. The van der Waals surface area contributed by atoms with Crippen molar-refractivity contribution in [1.82, 2.24) is 9.80 Å². The van der Waals surface area contributed by atoms with E-state index in [-0.39, 0.29) is 25.7 Å². The van der Waals surface area contributed by atoms with Gasteiger partial charge in [0.05, 0.1) is 12.5 Å². The van der Waals surface area contributed by atoms with E-state index < -0.39 is 23.8 Å². The monoisotopic (exact) mass is 529 g/mol. The number of hydrogen-bond acceptors (Lipinski definition) is 8. The number of carbonyl (C=O) groups excluding carboxylic acids is 3. The summed E-state index contributed by atoms with van der Waals surface area (Å²) in [4.78, 5) is 37.9. The minimum absolute atomic E-state index is 0.0494. The third-order valence-electron chi connectivity index (χ3n) is 5.36. The van der Waals surface area contributed by atoms with Gasteiger partial charge in [0.1, 0.15) is 18.8 Å². The molecule has 1 aliphatic heterocycles. The molecular formula is C28H39N3O7. The fourth-order valence-electron chi connectivity index (χ4n) is 3.58. The molecule has 1 saturated heterocycles. The molecule has 38 heavy (non-hydrogen) atoms. The first-order valence-electron chi connectivity index (χ1n) is 12.6. The van der Waals surface area contributed by atoms with Crippen LogP contribution in [-0.2, 0) is 32.2 Å². The van der Waals surface area contributed by atoms with Crippen molar-refractivity contribution in [1.29, 1.82) is 0 Å². The average Bonchev–Trinajstić information content (AvgIpc) is 2.86. The molecule has 0 aliphatic carbocycles. The van der Waals surface area contributed by atoms with E-state index in [0.717, 1.165) is 11.1 Å². The van der Waals surface area contributed by atoms with Gasteiger partial charge in [0, 0.05) is 32.7 Å². The number of esters is 1. The van der Waals surface area contributed by atoms with Crippen molar-refractivity contribution >= 4 is 18.2 Å². The molecule has 0 saturated carbocycles. The Morgan fingerprint density at radius 3 is 1.82 bits per heavy atom. The van der Waals surface area contributed by atoms with Crippen molar-refractivity contribution in [2.75, 3.05) is 32.7 Å². The number of piperazine rings is 1. The number of nitrogens with two attached hydrogens (primary N) is 1. The predicted octanol–water partition coefficient (Wildman–Crippen LogP) is 3.32. The summed E-state index contributed by atoms with van der Waals surface area (Å²) >= 11 is 0. The summed E-state index contributed by atoms with van der Waals surface area (Å²) in [7, 11) is 0. The zero-order valence-corrected chi connectivity index (χ0v) is 22.4. The minimum atomic E-state index is -0.801. The molecule has 3 N–H and O–H groups in total. The number of aliphatic hydroxyl groups is 1. The number of aliphatic hydroxyl groups excluding tert-OH is 1. The zero-order valence-electron chi connectivity index (χ0n) is 22.4. The molecule has 0 bridgehead atoms. The van der Waals surface area contributed by atoms with Crippen molar-refractivity contribution in [3.63, 3.8) is 0 Å². The fraction of sp³-hybridized carbons (Fsp3) is 0.464. The van der Waals surface area contributed by atoms with Crippen LogP contribution in [0.15, 0.2) is 60.7 Å². The first-order chi connectivity index (χ1) is 18.0. The highest BCUT2D eigenvalue weighted by Gasteiger charge is 2.24. The van der Waals surface area contributed by atoms with Gasteiger partial charge in [0.25, 0.3) is 0 Å². The molecule has 1 fully saturated rings. The molecular weight excluding hydrogens is 490 g/mol. The number of amides is 2. The van der Waals surface area contributed by atoms with E-state index in [1.807, 2.05) is 65.6 Å². The Labute approximate surface area is 224 Å². The molecule has 10 nitrogen and oxygen atoms in total. The maximum absolute atomic E-state index is 12.2. The van der Waals surface area contributed by atoms with Crippen molar-refractivity contribution in [3.8, 4) is 0 Å². The smallest absolute Gasteiger partial charge is 0.410 e. The van der Waals surface area contributed by atoms with Gasteiger partial charge in [-0.2, -0.15) is 0 Å². The number of rotatable bonds is 8. The van der Waals surface area contributed by atoms with E-state index in [9.17, 15) is 19.5 Å². The van der Waals surface area contributed by atoms with Gasteiger partial charge in [0.15, 0.2) is 0 Å². The fourth-order valence-corrected chi connectivity index (χ4v) is 3.58. The molecule has 0 aromatic heterocycles. The number of carbonyl (C=O) groups is 3. The Hall–Kier alpha value is -3.63. The summed E-state index contributed by atoms with van der Waals surface area (Å²) in [5, 5.41) is 10.2. The van der Waals surface area contributed by atoms with Gasteiger partial charge >= 0.3 is 18.2 Å². The standard InChI is InChI=1S/C23H28N2O5.C5H11NO2/c26-21(15-22(27)29-17-19-7-3-1-4-8-19)16-24-11-13-25(14-12-24)23(28)30-18-20-9-5-2-6-10-20;1-5(2,3)8-4(6)7/h1-10,21,26H,11-18H2;1-3H3,(H2,6,7). The normalized spacial score (nSPS) is 14.5. The molecule has 1 unspecified atom stereocenters. The first-order valence-corrected chi connectivity index (χ1v) is 12.6. The zero-order chi connectivity index (χ0) is 28.0. The van der Waals surface area contributed by atoms with Crippen LogP contribution in [0.1, 0.15) is 38.3 Å². The number of ether oxygens (including phenoxy) is 3. The van der Waals surface area contributed by atoms with Crippen LogP contribution in [0.5, 0.6) is 0 Å². The quantitative estimate of drug-likeness (QED) is 0.393. The van der Waals surface area contributed by atoms with Gasteiger partial charge in [-0.15, -0.1) is 0 Å². The van der Waals surface area contributed by atoms with Gasteiger partial charge in [-0.05, 0) is 31.9 Å². The molecule has 3 rings (SSSR count). The van der Waals surface area contributed by atoms with Crippen LogP contribution in [0, 0.1) is 0 Å². The van der Waals surface area contributed by atoms with E-state index >= 15 is 0 Å². The molecule has 1 aliphatic rings. The first kappa shape index (κ1) is 30.6. The third kappa shape index (κ3) is 13.1. The lowest BCUT2D eigenvalue weighted by molar-refractivity contribution is -0.147. The summed E-state index contributed by atoms with van der Waals surface area (Å²) in [5.74, 6) is -0.422. The molecule has 1 heterocycles. The second kappa shape index (κ2) is 15.6. The van der Waals surface area contributed by atoms with E-state index in [1.165, 1.54) is 0 Å². The number of nitrogens with zero attached hydrogens (tertiary/aromatic N) is 2. The summed E-state index contributed by atoms with van der Waals surface area (Å²) in [6.45, 7) is 8.41. The van der Waals surface area contributed by atoms with Gasteiger partial charge in [0.2, 0.25) is 0 Å². The highest BCUT2D eigenvalue weighted by molar-refractivity contribution is 5.70. The summed E-state index contributed by atoms with van der Waals surface area (Å²) < 4.78 is 15.1. The van der Waals surface area contributed by atoms with Crippen LogP contribution < -0.4 is 5.73 Å². The molecule has 0 radical (unpaired) electrons. The van der Waals surface area contributed by atoms with E-state index in [4.69, 9.17) is 15.2 Å². The number of benzene rings is 2. The summed E-state index contributed by atoms with van der Waals surface area (Å²) in [5.41, 5.74) is 6.13. The lowest BCUT2D eigenvalue weighted by atomic mass is 10.2. The second-order valence-corrected chi connectivity index (χ2v) is 9.87. The molecule has 208 valence electrons. The van der Waals surface area contributed by atoms with Gasteiger partial charge in [-0.25, -0.2) is 9.59 Å². The summed E-state index contributed by atoms with van der Waals surface area (Å²) in [6.07, 6.45) is -1.91. The Kier molecular flexibility index (Phi) is 12.5. The van der Waals surface area contributed by atoms with Crippen molar-refractivity contribution in [3.05, 3.63) is 71.8 Å². The van der Waals surface area contributed by atoms with Gasteiger partial charge in [-0.1, -0.05) is 60.7 Å². The van der Waals surface area contributed by atoms with Crippen molar-refractivity contribution < 1.29 is 33.7 Å². The average molecular weight is 530 g/mol. The maximum Gasteiger partial charge on any atom is 0.410 e. The van der Waals surface area contributed by atoms with Crippen LogP contribution in [0.4, 0.5) is 9.59 Å². The summed E-state index contributed by atoms with van der Waals surface area (Å²) in [6, 6.07) is 19.0. The van der Waals surface area contributed by atoms with Gasteiger partial charge in [-0.3, -0.25) is 9.69 Å². The van der Waals surface area contributed by atoms with Gasteiger partial charge < -0.3 is 30.0 Å². The maximum atomic E-state index is 12.2. The Morgan fingerprint density at radius 1 is 0.868 bits per heavy atom. The number of β-amino-alcohol motifs (C(OH)–C–C–N with tert-alkyl or cyclic N) is 1. The second-order valence-electron chi connectivity index (χ2n) is 9.87. The highest BCUT2D eigenvalue weighted by atomic mass is 16.6. The lowest BCUT2D eigenvalue weighted by Gasteiger charge is -2.34. The van der Waals surface area contributed by atoms with Crippen LogP contribution in [-0.4, -0.2) is 77.5 Å². The van der Waals surface area contributed by atoms with Crippen molar-refractivity contribution in [2.45, 2.75) is 52.1 Å². The predicted molar refractivity (Wildman–Crippen MR) is 142 cm³/mol. The van der Waals surface area contributed by atoms with Crippen molar-refractivity contribution in [2.24, 2.45) is 5.73 Å². The number of hydrogen-bond donors (Lipinski definition) is 2. The van der Waals surface area contributed by atoms with E-state index in [2.05, 4.69) is 4.74 Å². The SMILES string of the molecule is CC(C)(C)OC(N)=O.O=C(CC(O)CN1CCN(C(=O)OCc2ccccc2)CC1)OCc1ccccc1. The lowest BCUT2D eigenvalue weighted by Crippen LogP contribution is -2.50. The van der Waals surface area contributed by atoms with Crippen LogP contribution >= 0.6 is 0 Å². The van der Waals surface area contributed by atoms with Crippen LogP contribution in [0.2, 0.25) is 0 Å². The molecule has 2 aromatic carbocycles. The third-order valence-corrected chi connectivity index (χ3v) is 5.36. The number of primary amides is 1. The molecule has 2 amide bonds.